The van der Waals surface area contributed by atoms with Gasteiger partial charge in [0.1, 0.15) is 0 Å². The Morgan fingerprint density at radius 3 is 2.08 bits per heavy atom. The van der Waals surface area contributed by atoms with Crippen LogP contribution in [-0.2, 0) is 0 Å². The third kappa shape index (κ3) is 4.10. The van der Waals surface area contributed by atoms with Crippen molar-refractivity contribution in [3.63, 3.8) is 0 Å². The summed E-state index contributed by atoms with van der Waals surface area (Å²) in [4.78, 5) is 0. The van der Waals surface area contributed by atoms with Crippen molar-refractivity contribution >= 4 is 0 Å². The molecule has 0 heterocycles. The zero-order valence-electron chi connectivity index (χ0n) is 9.48. The normalized spacial score (nSPS) is 22.8. The van der Waals surface area contributed by atoms with E-state index in [2.05, 4.69) is 33.0 Å². The van der Waals surface area contributed by atoms with Crippen LogP contribution in [0.1, 0.15) is 40.5 Å². The minimum atomic E-state index is 0.0191. The largest absolute Gasteiger partial charge is 0.324 e. The lowest BCUT2D eigenvalue weighted by atomic mass is 9.94. The minimum absolute atomic E-state index is 0.0191. The first-order valence-electron chi connectivity index (χ1n) is 5.31. The molecule has 1 rings (SSSR count). The first-order valence-corrected chi connectivity index (χ1v) is 5.31. The van der Waals surface area contributed by atoms with Gasteiger partial charge < -0.3 is 11.1 Å². The summed E-state index contributed by atoms with van der Waals surface area (Å²) in [5, 5.41) is 3.46. The van der Waals surface area contributed by atoms with Gasteiger partial charge in [0.2, 0.25) is 0 Å². The van der Waals surface area contributed by atoms with Crippen LogP contribution >= 0.6 is 0 Å². The lowest BCUT2D eigenvalue weighted by Crippen LogP contribution is -2.49. The molecule has 1 atom stereocenters. The summed E-state index contributed by atoms with van der Waals surface area (Å²) in [5.74, 6) is 0.764. The van der Waals surface area contributed by atoms with Crippen molar-refractivity contribution in [2.45, 2.75) is 46.1 Å². The summed E-state index contributed by atoms with van der Waals surface area (Å²) in [6.07, 6.45) is 2.65. The molecule has 0 spiro atoms. The molecule has 1 saturated carbocycles. The molecule has 1 aliphatic rings. The Kier molecular flexibility index (Phi) is 3.03. The van der Waals surface area contributed by atoms with Gasteiger partial charge >= 0.3 is 0 Å². The van der Waals surface area contributed by atoms with Crippen molar-refractivity contribution in [3.05, 3.63) is 0 Å². The highest BCUT2D eigenvalue weighted by atomic mass is 14.9. The highest BCUT2D eigenvalue weighted by molar-refractivity contribution is 4.96. The summed E-state index contributed by atoms with van der Waals surface area (Å²) < 4.78 is 0. The van der Waals surface area contributed by atoms with Gasteiger partial charge in [-0.3, -0.25) is 0 Å². The zero-order chi connectivity index (χ0) is 10.1. The Hall–Kier alpha value is -0.0800. The van der Waals surface area contributed by atoms with Gasteiger partial charge in [-0.25, -0.2) is 0 Å². The number of rotatable bonds is 4. The maximum Gasteiger partial charge on any atom is 0.0280 e. The molecule has 0 aromatic heterocycles. The fourth-order valence-electron chi connectivity index (χ4n) is 1.59. The van der Waals surface area contributed by atoms with E-state index < -0.39 is 0 Å². The SMILES string of the molecule is CC(C)(C)CNCC(C)(N)C1CC1. The van der Waals surface area contributed by atoms with E-state index in [9.17, 15) is 0 Å². The number of hydrogen-bond donors (Lipinski definition) is 2. The molecule has 1 fully saturated rings. The van der Waals surface area contributed by atoms with Crippen molar-refractivity contribution in [2.24, 2.45) is 17.1 Å². The average Bonchev–Trinajstić information content (AvgIpc) is 2.62. The van der Waals surface area contributed by atoms with Crippen molar-refractivity contribution in [1.82, 2.24) is 5.32 Å². The maximum atomic E-state index is 6.19. The second kappa shape index (κ2) is 3.58. The Balaban J connectivity index is 2.18. The smallest absolute Gasteiger partial charge is 0.0280 e. The molecule has 78 valence electrons. The van der Waals surface area contributed by atoms with Crippen molar-refractivity contribution in [2.75, 3.05) is 13.1 Å². The van der Waals surface area contributed by atoms with E-state index >= 15 is 0 Å². The molecule has 0 aliphatic heterocycles. The van der Waals surface area contributed by atoms with E-state index in [0.717, 1.165) is 19.0 Å². The number of nitrogens with one attached hydrogen (secondary N) is 1. The molecule has 2 nitrogen and oxygen atoms in total. The van der Waals surface area contributed by atoms with E-state index in [4.69, 9.17) is 5.73 Å². The first kappa shape index (κ1) is 11.0. The maximum absolute atomic E-state index is 6.19. The summed E-state index contributed by atoms with van der Waals surface area (Å²) in [5.41, 5.74) is 6.57. The molecular formula is C11H24N2. The number of hydrogen-bond acceptors (Lipinski definition) is 2. The van der Waals surface area contributed by atoms with E-state index in [1.807, 2.05) is 0 Å². The third-order valence-electron chi connectivity index (χ3n) is 2.67. The van der Waals surface area contributed by atoms with Crippen LogP contribution in [0.2, 0.25) is 0 Å². The molecule has 0 aromatic rings. The highest BCUT2D eigenvalue weighted by Crippen LogP contribution is 2.37. The molecular weight excluding hydrogens is 160 g/mol. The van der Waals surface area contributed by atoms with Crippen molar-refractivity contribution < 1.29 is 0 Å². The predicted octanol–water partition coefficient (Wildman–Crippen LogP) is 1.75. The van der Waals surface area contributed by atoms with Gasteiger partial charge in [0, 0.05) is 18.6 Å². The van der Waals surface area contributed by atoms with Gasteiger partial charge in [-0.1, -0.05) is 20.8 Å². The van der Waals surface area contributed by atoms with Crippen molar-refractivity contribution in [1.29, 1.82) is 0 Å². The summed E-state index contributed by atoms with van der Waals surface area (Å²) in [6.45, 7) is 10.9. The third-order valence-corrected chi connectivity index (χ3v) is 2.67. The molecule has 1 unspecified atom stereocenters. The predicted molar refractivity (Wildman–Crippen MR) is 57.6 cm³/mol. The molecule has 0 amide bonds. The lowest BCUT2D eigenvalue weighted by Gasteiger charge is -2.27. The Morgan fingerprint density at radius 2 is 1.69 bits per heavy atom. The van der Waals surface area contributed by atoms with Crippen LogP contribution in [0, 0.1) is 11.3 Å². The molecule has 0 aromatic carbocycles. The first-order chi connectivity index (χ1) is 5.81. The Bertz CT molecular complexity index is 163. The van der Waals surface area contributed by atoms with Gasteiger partial charge in [-0.05, 0) is 31.1 Å². The second-order valence-corrected chi connectivity index (χ2v) is 5.94. The fourth-order valence-corrected chi connectivity index (χ4v) is 1.59. The van der Waals surface area contributed by atoms with Crippen LogP contribution < -0.4 is 11.1 Å². The monoisotopic (exact) mass is 184 g/mol. The van der Waals surface area contributed by atoms with Gasteiger partial charge in [-0.15, -0.1) is 0 Å². The average molecular weight is 184 g/mol. The summed E-state index contributed by atoms with van der Waals surface area (Å²) >= 11 is 0. The van der Waals surface area contributed by atoms with Gasteiger partial charge in [-0.2, -0.15) is 0 Å². The van der Waals surface area contributed by atoms with E-state index in [0.29, 0.717) is 5.41 Å². The van der Waals surface area contributed by atoms with Crippen LogP contribution in [-0.4, -0.2) is 18.6 Å². The molecule has 13 heavy (non-hydrogen) atoms. The summed E-state index contributed by atoms with van der Waals surface area (Å²) in [6, 6.07) is 0. The van der Waals surface area contributed by atoms with E-state index in [1.165, 1.54) is 12.8 Å². The van der Waals surface area contributed by atoms with Crippen LogP contribution in [0.4, 0.5) is 0 Å². The molecule has 1 aliphatic carbocycles. The van der Waals surface area contributed by atoms with Gasteiger partial charge in [0.05, 0.1) is 0 Å². The van der Waals surface area contributed by atoms with Crippen LogP contribution in [0.5, 0.6) is 0 Å². The van der Waals surface area contributed by atoms with Crippen LogP contribution in [0.25, 0.3) is 0 Å². The molecule has 0 radical (unpaired) electrons. The standard InChI is InChI=1S/C11H24N2/c1-10(2,3)7-13-8-11(4,12)9-5-6-9/h9,13H,5-8,12H2,1-4H3. The van der Waals surface area contributed by atoms with Gasteiger partial charge in [0.15, 0.2) is 0 Å². The lowest BCUT2D eigenvalue weighted by molar-refractivity contribution is 0.326. The quantitative estimate of drug-likeness (QED) is 0.698. The molecule has 2 heteroatoms. The molecule has 0 saturated heterocycles. The summed E-state index contributed by atoms with van der Waals surface area (Å²) in [7, 11) is 0. The highest BCUT2D eigenvalue weighted by Gasteiger charge is 2.37. The van der Waals surface area contributed by atoms with Gasteiger partial charge in [0.25, 0.3) is 0 Å². The fraction of sp³-hybridized carbons (Fsp3) is 1.00. The topological polar surface area (TPSA) is 38.0 Å². The van der Waals surface area contributed by atoms with Crippen LogP contribution in [0.3, 0.4) is 0 Å². The van der Waals surface area contributed by atoms with E-state index in [-0.39, 0.29) is 5.54 Å². The molecule has 3 N–H and O–H groups in total. The Labute approximate surface area is 82.3 Å². The zero-order valence-corrected chi connectivity index (χ0v) is 9.48. The number of nitrogens with two attached hydrogens (primary N) is 1. The molecule has 0 bridgehead atoms. The minimum Gasteiger partial charge on any atom is -0.324 e. The van der Waals surface area contributed by atoms with Crippen molar-refractivity contribution in [3.8, 4) is 0 Å². The Morgan fingerprint density at radius 1 is 1.15 bits per heavy atom. The van der Waals surface area contributed by atoms with Crippen LogP contribution in [0.15, 0.2) is 0 Å². The van der Waals surface area contributed by atoms with E-state index in [1.54, 1.807) is 0 Å². The second-order valence-electron chi connectivity index (χ2n) is 5.94.